The molecule has 6 heteroatoms. The molecule has 0 saturated carbocycles. The fraction of sp³-hybridized carbons (Fsp3) is 0.125. The number of para-hydroxylation sites is 1. The Morgan fingerprint density at radius 2 is 1.95 bits per heavy atom. The molecule has 0 fully saturated rings. The van der Waals surface area contributed by atoms with Gasteiger partial charge in [0.05, 0.1) is 23.8 Å². The van der Waals surface area contributed by atoms with E-state index >= 15 is 0 Å². The number of hydrogen-bond acceptors (Lipinski definition) is 3. The molecule has 4 nitrogen and oxygen atoms in total. The lowest BCUT2D eigenvalue weighted by Crippen LogP contribution is -2.23. The number of hydrogen-bond donors (Lipinski definition) is 0. The van der Waals surface area contributed by atoms with Gasteiger partial charge in [-0.05, 0) is 24.3 Å². The molecule has 0 N–H and O–H groups in total. The van der Waals surface area contributed by atoms with Gasteiger partial charge in [-0.25, -0.2) is 13.8 Å². The Hall–Kier alpha value is -2.76. The van der Waals surface area contributed by atoms with Crippen LogP contribution in [0.1, 0.15) is 0 Å². The first-order chi connectivity index (χ1) is 10.6. The van der Waals surface area contributed by atoms with Crippen LogP contribution in [-0.4, -0.2) is 16.2 Å². The second-order valence-electron chi connectivity index (χ2n) is 4.68. The first-order valence-corrected chi connectivity index (χ1v) is 6.67. The van der Waals surface area contributed by atoms with Gasteiger partial charge in [-0.2, -0.15) is 0 Å². The van der Waals surface area contributed by atoms with Crippen LogP contribution in [0.15, 0.2) is 53.6 Å². The van der Waals surface area contributed by atoms with Crippen molar-refractivity contribution in [1.29, 1.82) is 0 Å². The molecule has 2 aromatic carbocycles. The van der Waals surface area contributed by atoms with Gasteiger partial charge in [-0.3, -0.25) is 9.36 Å². The molecule has 0 atom stereocenters. The number of halogens is 2. The van der Waals surface area contributed by atoms with Crippen molar-refractivity contribution in [2.75, 3.05) is 6.61 Å². The standard InChI is InChI=1S/C16H12F2N2O2/c17-11-5-6-12-14(9-11)19-10-20(16(12)21)7-8-22-15-4-2-1-3-13(15)18/h1-6,9-10H,7-8H2. The molecule has 0 unspecified atom stereocenters. The van der Waals surface area contributed by atoms with Gasteiger partial charge in [0, 0.05) is 6.07 Å². The molecule has 0 aliphatic rings. The van der Waals surface area contributed by atoms with Crippen LogP contribution in [0.25, 0.3) is 10.9 Å². The van der Waals surface area contributed by atoms with Gasteiger partial charge in [0.15, 0.2) is 11.6 Å². The van der Waals surface area contributed by atoms with Crippen molar-refractivity contribution in [3.05, 3.63) is 70.8 Å². The fourth-order valence-corrected chi connectivity index (χ4v) is 2.11. The van der Waals surface area contributed by atoms with Gasteiger partial charge >= 0.3 is 0 Å². The monoisotopic (exact) mass is 302 g/mol. The third-order valence-corrected chi connectivity index (χ3v) is 3.21. The Bertz CT molecular complexity index is 877. The van der Waals surface area contributed by atoms with Gasteiger partial charge in [-0.15, -0.1) is 0 Å². The van der Waals surface area contributed by atoms with Gasteiger partial charge in [0.25, 0.3) is 5.56 Å². The summed E-state index contributed by atoms with van der Waals surface area (Å²) >= 11 is 0. The average molecular weight is 302 g/mol. The Balaban J connectivity index is 1.77. The molecule has 0 spiro atoms. The number of aromatic nitrogens is 2. The van der Waals surface area contributed by atoms with Crippen LogP contribution < -0.4 is 10.3 Å². The Labute approximate surface area is 124 Å². The third-order valence-electron chi connectivity index (χ3n) is 3.21. The molecule has 22 heavy (non-hydrogen) atoms. The van der Waals surface area contributed by atoms with Gasteiger partial charge in [-0.1, -0.05) is 12.1 Å². The summed E-state index contributed by atoms with van der Waals surface area (Å²) < 4.78 is 33.1. The number of nitrogens with zero attached hydrogens (tertiary/aromatic N) is 2. The van der Waals surface area contributed by atoms with E-state index in [2.05, 4.69) is 4.98 Å². The topological polar surface area (TPSA) is 44.1 Å². The predicted molar refractivity (Wildman–Crippen MR) is 77.9 cm³/mol. The van der Waals surface area contributed by atoms with Crippen LogP contribution in [0.2, 0.25) is 0 Å². The van der Waals surface area contributed by atoms with Crippen molar-refractivity contribution in [2.45, 2.75) is 6.54 Å². The summed E-state index contributed by atoms with van der Waals surface area (Å²) in [5, 5.41) is 0.329. The molecule has 3 aromatic rings. The second kappa shape index (κ2) is 5.93. The molecule has 0 amide bonds. The maximum Gasteiger partial charge on any atom is 0.261 e. The van der Waals surface area contributed by atoms with Crippen LogP contribution in [0.3, 0.4) is 0 Å². The van der Waals surface area contributed by atoms with Crippen molar-refractivity contribution in [3.8, 4) is 5.75 Å². The van der Waals surface area contributed by atoms with E-state index in [-0.39, 0.29) is 24.5 Å². The van der Waals surface area contributed by atoms with E-state index in [1.54, 1.807) is 12.1 Å². The van der Waals surface area contributed by atoms with E-state index in [1.165, 1.54) is 41.2 Å². The summed E-state index contributed by atoms with van der Waals surface area (Å²) in [6.45, 7) is 0.336. The molecule has 0 radical (unpaired) electrons. The van der Waals surface area contributed by atoms with Gasteiger partial charge in [0.2, 0.25) is 0 Å². The highest BCUT2D eigenvalue weighted by molar-refractivity contribution is 5.77. The summed E-state index contributed by atoms with van der Waals surface area (Å²) in [6, 6.07) is 9.86. The number of rotatable bonds is 4. The van der Waals surface area contributed by atoms with E-state index in [0.29, 0.717) is 10.9 Å². The molecular weight excluding hydrogens is 290 g/mol. The molecule has 112 valence electrons. The van der Waals surface area contributed by atoms with Crippen LogP contribution >= 0.6 is 0 Å². The number of fused-ring (bicyclic) bond motifs is 1. The Kier molecular flexibility index (Phi) is 3.82. The number of ether oxygens (including phenoxy) is 1. The minimum Gasteiger partial charge on any atom is -0.489 e. The van der Waals surface area contributed by atoms with E-state index < -0.39 is 11.6 Å². The van der Waals surface area contributed by atoms with Gasteiger partial charge in [0.1, 0.15) is 12.4 Å². The van der Waals surface area contributed by atoms with Gasteiger partial charge < -0.3 is 4.74 Å². The maximum atomic E-state index is 13.4. The molecule has 0 aliphatic heterocycles. The average Bonchev–Trinajstić information content (AvgIpc) is 2.51. The molecule has 3 rings (SSSR count). The quantitative estimate of drug-likeness (QED) is 0.744. The predicted octanol–water partition coefficient (Wildman–Crippen LogP) is 2.75. The van der Waals surface area contributed by atoms with Crippen LogP contribution in [0, 0.1) is 11.6 Å². The zero-order chi connectivity index (χ0) is 15.5. The fourth-order valence-electron chi connectivity index (χ4n) is 2.11. The highest BCUT2D eigenvalue weighted by Gasteiger charge is 2.06. The highest BCUT2D eigenvalue weighted by Crippen LogP contribution is 2.15. The smallest absolute Gasteiger partial charge is 0.261 e. The van der Waals surface area contributed by atoms with Crippen LogP contribution in [0.5, 0.6) is 5.75 Å². The molecule has 1 aromatic heterocycles. The highest BCUT2D eigenvalue weighted by atomic mass is 19.1. The zero-order valence-electron chi connectivity index (χ0n) is 11.5. The molecular formula is C16H12F2N2O2. The largest absolute Gasteiger partial charge is 0.489 e. The Morgan fingerprint density at radius 3 is 2.77 bits per heavy atom. The summed E-state index contributed by atoms with van der Waals surface area (Å²) in [5.41, 5.74) is 0.0124. The lowest BCUT2D eigenvalue weighted by molar-refractivity contribution is 0.282. The van der Waals surface area contributed by atoms with E-state index in [4.69, 9.17) is 4.74 Å². The lowest BCUT2D eigenvalue weighted by Gasteiger charge is -2.09. The number of benzene rings is 2. The minimum atomic E-state index is -0.457. The third kappa shape index (κ3) is 2.81. The molecule has 1 heterocycles. The lowest BCUT2D eigenvalue weighted by atomic mass is 10.2. The summed E-state index contributed by atoms with van der Waals surface area (Å²) in [4.78, 5) is 16.3. The van der Waals surface area contributed by atoms with Crippen molar-refractivity contribution in [1.82, 2.24) is 9.55 Å². The first kappa shape index (κ1) is 14.2. The Morgan fingerprint density at radius 1 is 1.14 bits per heavy atom. The van der Waals surface area contributed by atoms with E-state index in [9.17, 15) is 13.6 Å². The van der Waals surface area contributed by atoms with Crippen LogP contribution in [-0.2, 0) is 6.54 Å². The normalized spacial score (nSPS) is 10.8. The van der Waals surface area contributed by atoms with Crippen molar-refractivity contribution < 1.29 is 13.5 Å². The summed E-state index contributed by atoms with van der Waals surface area (Å²) in [5.74, 6) is -0.770. The van der Waals surface area contributed by atoms with E-state index in [1.807, 2.05) is 0 Å². The zero-order valence-corrected chi connectivity index (χ0v) is 11.5. The minimum absolute atomic E-state index is 0.120. The second-order valence-corrected chi connectivity index (χ2v) is 4.68. The molecule has 0 aliphatic carbocycles. The first-order valence-electron chi connectivity index (χ1n) is 6.67. The molecule has 0 saturated heterocycles. The van der Waals surface area contributed by atoms with Crippen molar-refractivity contribution >= 4 is 10.9 Å². The van der Waals surface area contributed by atoms with Crippen molar-refractivity contribution in [2.24, 2.45) is 0 Å². The maximum absolute atomic E-state index is 13.4. The van der Waals surface area contributed by atoms with E-state index in [0.717, 1.165) is 0 Å². The summed E-state index contributed by atoms with van der Waals surface area (Å²) in [7, 11) is 0. The van der Waals surface area contributed by atoms with Crippen LogP contribution in [0.4, 0.5) is 8.78 Å². The van der Waals surface area contributed by atoms with Crippen molar-refractivity contribution in [3.63, 3.8) is 0 Å². The molecule has 0 bridgehead atoms. The SMILES string of the molecule is O=c1c2ccc(F)cc2ncn1CCOc1ccccc1F. The summed E-state index contributed by atoms with van der Waals surface area (Å²) in [6.07, 6.45) is 1.33.